The Morgan fingerprint density at radius 2 is 1.67 bits per heavy atom. The number of nitrogens with one attached hydrogen (secondary N) is 1. The van der Waals surface area contributed by atoms with Crippen molar-refractivity contribution < 1.29 is 9.84 Å². The highest BCUT2D eigenvalue weighted by molar-refractivity contribution is 5.55. The maximum Gasteiger partial charge on any atom is 0.351 e. The zero-order valence-corrected chi connectivity index (χ0v) is 10.9. The number of aromatic nitrogens is 3. The minimum atomic E-state index is -0.556. The first-order chi connectivity index (χ1) is 10.2. The molecule has 0 fully saturated rings. The van der Waals surface area contributed by atoms with Gasteiger partial charge in [0.1, 0.15) is 17.3 Å². The predicted octanol–water partition coefficient (Wildman–Crippen LogP) is 2.33. The van der Waals surface area contributed by atoms with Crippen molar-refractivity contribution in [2.45, 2.75) is 0 Å². The van der Waals surface area contributed by atoms with Crippen molar-refractivity contribution >= 4 is 0 Å². The van der Waals surface area contributed by atoms with Crippen molar-refractivity contribution in [3.8, 4) is 28.9 Å². The van der Waals surface area contributed by atoms with Crippen molar-refractivity contribution in [1.29, 1.82) is 0 Å². The monoisotopic (exact) mass is 281 g/mol. The highest BCUT2D eigenvalue weighted by Crippen LogP contribution is 2.20. The van der Waals surface area contributed by atoms with Gasteiger partial charge in [0, 0.05) is 5.56 Å². The highest BCUT2D eigenvalue weighted by atomic mass is 16.5. The molecule has 0 radical (unpaired) electrons. The predicted molar refractivity (Wildman–Crippen MR) is 76.3 cm³/mol. The molecule has 0 aliphatic rings. The lowest BCUT2D eigenvalue weighted by Gasteiger charge is -2.05. The van der Waals surface area contributed by atoms with E-state index in [0.29, 0.717) is 17.1 Å². The first kappa shape index (κ1) is 12.9. The van der Waals surface area contributed by atoms with Crippen molar-refractivity contribution in [2.75, 3.05) is 0 Å². The molecule has 1 heterocycles. The Morgan fingerprint density at radius 1 is 0.952 bits per heavy atom. The van der Waals surface area contributed by atoms with E-state index in [2.05, 4.69) is 15.0 Å². The summed E-state index contributed by atoms with van der Waals surface area (Å²) in [6, 6.07) is 15.2. The van der Waals surface area contributed by atoms with E-state index < -0.39 is 5.69 Å². The molecule has 2 N–H and O–H groups in total. The molecule has 0 spiro atoms. The summed E-state index contributed by atoms with van der Waals surface area (Å²) in [7, 11) is 0. The van der Waals surface area contributed by atoms with E-state index in [0.717, 1.165) is 0 Å². The number of hydrogen-bond acceptors (Lipinski definition) is 5. The molecule has 21 heavy (non-hydrogen) atoms. The van der Waals surface area contributed by atoms with Gasteiger partial charge in [0.15, 0.2) is 0 Å². The summed E-state index contributed by atoms with van der Waals surface area (Å²) in [4.78, 5) is 22.0. The maximum absolute atomic E-state index is 11.6. The molecule has 2 aromatic carbocycles. The number of ether oxygens (including phenoxy) is 1. The molecular weight excluding hydrogens is 270 g/mol. The molecule has 6 nitrogen and oxygen atoms in total. The van der Waals surface area contributed by atoms with Crippen LogP contribution in [0.3, 0.4) is 0 Å². The Hall–Kier alpha value is -3.15. The van der Waals surface area contributed by atoms with E-state index in [-0.39, 0.29) is 11.8 Å². The standard InChI is InChI=1S/C15H11N3O3/c19-11-8-6-10(7-9-11)13-16-14(20)18-15(17-13)21-12-4-2-1-3-5-12/h1-9,19H,(H,16,17,18,20). The number of hydrogen-bond donors (Lipinski definition) is 2. The third-order valence-electron chi connectivity index (χ3n) is 2.72. The smallest absolute Gasteiger partial charge is 0.351 e. The van der Waals surface area contributed by atoms with Crippen molar-refractivity contribution in [2.24, 2.45) is 0 Å². The van der Waals surface area contributed by atoms with Gasteiger partial charge in [0.05, 0.1) is 0 Å². The second kappa shape index (κ2) is 5.46. The number of H-pyrrole nitrogens is 1. The summed E-state index contributed by atoms with van der Waals surface area (Å²) in [6.45, 7) is 0. The Morgan fingerprint density at radius 3 is 2.38 bits per heavy atom. The van der Waals surface area contributed by atoms with Crippen LogP contribution in [0.15, 0.2) is 59.4 Å². The van der Waals surface area contributed by atoms with E-state index >= 15 is 0 Å². The van der Waals surface area contributed by atoms with Crippen LogP contribution in [-0.4, -0.2) is 20.1 Å². The number of aromatic hydroxyl groups is 1. The highest BCUT2D eigenvalue weighted by Gasteiger charge is 2.07. The molecule has 0 atom stereocenters. The number of phenols is 1. The number of para-hydroxylation sites is 1. The lowest BCUT2D eigenvalue weighted by atomic mass is 10.2. The second-order valence-corrected chi connectivity index (χ2v) is 4.25. The first-order valence-electron chi connectivity index (χ1n) is 6.21. The first-order valence-corrected chi connectivity index (χ1v) is 6.21. The third-order valence-corrected chi connectivity index (χ3v) is 2.72. The lowest BCUT2D eigenvalue weighted by molar-refractivity contribution is 0.438. The van der Waals surface area contributed by atoms with Gasteiger partial charge >= 0.3 is 11.7 Å². The number of rotatable bonds is 3. The second-order valence-electron chi connectivity index (χ2n) is 4.25. The van der Waals surface area contributed by atoms with Crippen LogP contribution in [0.2, 0.25) is 0 Å². The van der Waals surface area contributed by atoms with Gasteiger partial charge in [-0.15, -0.1) is 4.98 Å². The van der Waals surface area contributed by atoms with E-state index in [9.17, 15) is 9.90 Å². The molecule has 3 rings (SSSR count). The number of nitrogens with zero attached hydrogens (tertiary/aromatic N) is 2. The Balaban J connectivity index is 1.96. The summed E-state index contributed by atoms with van der Waals surface area (Å²) in [6.07, 6.45) is 0. The number of aromatic amines is 1. The van der Waals surface area contributed by atoms with E-state index in [1.54, 1.807) is 24.3 Å². The third kappa shape index (κ3) is 3.06. The van der Waals surface area contributed by atoms with Crippen LogP contribution in [0.25, 0.3) is 11.4 Å². The average Bonchev–Trinajstić information content (AvgIpc) is 2.48. The molecule has 0 aliphatic carbocycles. The quantitative estimate of drug-likeness (QED) is 0.769. The summed E-state index contributed by atoms with van der Waals surface area (Å²) in [5.74, 6) is 0.997. The van der Waals surface area contributed by atoms with E-state index in [1.165, 1.54) is 12.1 Å². The van der Waals surface area contributed by atoms with Crippen molar-refractivity contribution in [3.05, 3.63) is 65.1 Å². The Labute approximate surface area is 119 Å². The fourth-order valence-electron chi connectivity index (χ4n) is 1.76. The summed E-state index contributed by atoms with van der Waals surface area (Å²) in [5.41, 5.74) is 0.0872. The molecule has 0 bridgehead atoms. The minimum absolute atomic E-state index is 0.0342. The van der Waals surface area contributed by atoms with Gasteiger partial charge in [-0.1, -0.05) is 18.2 Å². The van der Waals surface area contributed by atoms with Crippen molar-refractivity contribution in [3.63, 3.8) is 0 Å². The summed E-state index contributed by atoms with van der Waals surface area (Å²) < 4.78 is 5.45. The van der Waals surface area contributed by atoms with Gasteiger partial charge in [0.2, 0.25) is 0 Å². The molecule has 0 amide bonds. The van der Waals surface area contributed by atoms with Crippen LogP contribution >= 0.6 is 0 Å². The Bertz CT molecular complexity index is 798. The largest absolute Gasteiger partial charge is 0.508 e. The van der Waals surface area contributed by atoms with Crippen LogP contribution in [0, 0.1) is 0 Å². The molecular formula is C15H11N3O3. The molecule has 0 saturated carbocycles. The topological polar surface area (TPSA) is 88.1 Å². The maximum atomic E-state index is 11.6. The van der Waals surface area contributed by atoms with Crippen LogP contribution in [0.4, 0.5) is 0 Å². The zero-order chi connectivity index (χ0) is 14.7. The molecule has 0 saturated heterocycles. The van der Waals surface area contributed by atoms with Crippen LogP contribution in [-0.2, 0) is 0 Å². The molecule has 0 unspecified atom stereocenters. The van der Waals surface area contributed by atoms with Gasteiger partial charge in [-0.05, 0) is 36.4 Å². The fraction of sp³-hybridized carbons (Fsp3) is 0. The molecule has 6 heteroatoms. The van der Waals surface area contributed by atoms with Crippen LogP contribution in [0.5, 0.6) is 17.5 Å². The normalized spacial score (nSPS) is 10.3. The summed E-state index contributed by atoms with van der Waals surface area (Å²) >= 11 is 0. The van der Waals surface area contributed by atoms with E-state index in [1.807, 2.05) is 18.2 Å². The van der Waals surface area contributed by atoms with Gasteiger partial charge in [-0.2, -0.15) is 4.98 Å². The molecule has 1 aromatic heterocycles. The van der Waals surface area contributed by atoms with Gasteiger partial charge in [-0.25, -0.2) is 4.79 Å². The number of benzene rings is 2. The van der Waals surface area contributed by atoms with Gasteiger partial charge in [-0.3, -0.25) is 4.98 Å². The minimum Gasteiger partial charge on any atom is -0.508 e. The lowest BCUT2D eigenvalue weighted by Crippen LogP contribution is -2.14. The number of phenolic OH excluding ortho intramolecular Hbond substituents is 1. The molecule has 0 aliphatic heterocycles. The van der Waals surface area contributed by atoms with E-state index in [4.69, 9.17) is 4.74 Å². The van der Waals surface area contributed by atoms with Crippen molar-refractivity contribution in [1.82, 2.24) is 15.0 Å². The average molecular weight is 281 g/mol. The Kier molecular flexibility index (Phi) is 3.34. The van der Waals surface area contributed by atoms with Crippen LogP contribution in [0.1, 0.15) is 0 Å². The molecule has 3 aromatic rings. The van der Waals surface area contributed by atoms with Gasteiger partial charge in [0.25, 0.3) is 0 Å². The summed E-state index contributed by atoms with van der Waals surface area (Å²) in [5, 5.41) is 9.28. The SMILES string of the molecule is O=c1nc(Oc2ccccc2)nc(-c2ccc(O)cc2)[nH]1. The van der Waals surface area contributed by atoms with Crippen LogP contribution < -0.4 is 10.4 Å². The fourth-order valence-corrected chi connectivity index (χ4v) is 1.76. The van der Waals surface area contributed by atoms with Gasteiger partial charge < -0.3 is 9.84 Å². The zero-order valence-electron chi connectivity index (χ0n) is 10.9. The molecule has 104 valence electrons.